The topological polar surface area (TPSA) is 78.5 Å². The minimum Gasteiger partial charge on any atom is -0.349 e. The van der Waals surface area contributed by atoms with E-state index in [0.717, 1.165) is 17.4 Å². The molecule has 1 saturated heterocycles. The fourth-order valence-electron chi connectivity index (χ4n) is 6.00. The summed E-state index contributed by atoms with van der Waals surface area (Å²) >= 11 is 0. The second-order valence-electron chi connectivity index (χ2n) is 8.77. The molecule has 0 radical (unpaired) electrons. The molecule has 0 spiro atoms. The predicted octanol–water partition coefficient (Wildman–Crippen LogP) is 2.29. The molecule has 6 rings (SSSR count). The van der Waals surface area contributed by atoms with Crippen molar-refractivity contribution in [3.8, 4) is 0 Å². The van der Waals surface area contributed by atoms with Gasteiger partial charge in [0.2, 0.25) is 5.91 Å². The number of imide groups is 1. The van der Waals surface area contributed by atoms with Gasteiger partial charge in [-0.05, 0) is 73.5 Å². The van der Waals surface area contributed by atoms with Crippen molar-refractivity contribution in [2.24, 2.45) is 23.7 Å². The fourth-order valence-corrected chi connectivity index (χ4v) is 6.00. The van der Waals surface area contributed by atoms with Crippen LogP contribution in [0.4, 0.5) is 4.79 Å². The summed E-state index contributed by atoms with van der Waals surface area (Å²) in [6.45, 7) is 0.245. The first kappa shape index (κ1) is 16.8. The zero-order valence-electron chi connectivity index (χ0n) is 15.3. The van der Waals surface area contributed by atoms with E-state index in [4.69, 9.17) is 0 Å². The van der Waals surface area contributed by atoms with Crippen LogP contribution in [0.2, 0.25) is 0 Å². The molecule has 5 fully saturated rings. The molecule has 5 aliphatic rings. The van der Waals surface area contributed by atoms with Crippen LogP contribution in [0.25, 0.3) is 0 Å². The number of nitrogens with one attached hydrogen (secondary N) is 2. The van der Waals surface area contributed by atoms with Crippen LogP contribution in [0.5, 0.6) is 0 Å². The van der Waals surface area contributed by atoms with Gasteiger partial charge >= 0.3 is 6.03 Å². The molecule has 4 saturated carbocycles. The van der Waals surface area contributed by atoms with E-state index in [0.29, 0.717) is 23.4 Å². The standard InChI is InChI=1S/C21H25N3O3/c25-18-10-22-21(27)24(18)11-12-2-1-3-15(5-12)20(26)23-19-16-6-13-4-14(8-16)9-17(19)7-13/h1-3,5,13-14,16-17,19H,4,6-11H2,(H,22,27)(H,23,26). The van der Waals surface area contributed by atoms with Crippen LogP contribution in [0, 0.1) is 23.7 Å². The lowest BCUT2D eigenvalue weighted by atomic mass is 9.54. The molecule has 1 aromatic carbocycles. The van der Waals surface area contributed by atoms with Crippen LogP contribution < -0.4 is 10.6 Å². The molecule has 1 heterocycles. The largest absolute Gasteiger partial charge is 0.349 e. The summed E-state index contributed by atoms with van der Waals surface area (Å²) < 4.78 is 0. The van der Waals surface area contributed by atoms with Gasteiger partial charge in [0.05, 0.1) is 13.1 Å². The van der Waals surface area contributed by atoms with Crippen molar-refractivity contribution in [2.45, 2.75) is 44.7 Å². The van der Waals surface area contributed by atoms with Gasteiger partial charge in [0.15, 0.2) is 0 Å². The third-order valence-corrected chi connectivity index (χ3v) is 6.99. The van der Waals surface area contributed by atoms with Crippen LogP contribution in [-0.4, -0.2) is 35.3 Å². The molecular weight excluding hydrogens is 342 g/mol. The molecule has 1 aliphatic heterocycles. The highest BCUT2D eigenvalue weighted by Gasteiger charge is 2.48. The summed E-state index contributed by atoms with van der Waals surface area (Å²) in [6.07, 6.45) is 6.47. The maximum atomic E-state index is 12.9. The van der Waals surface area contributed by atoms with Crippen LogP contribution in [0.15, 0.2) is 24.3 Å². The molecule has 6 nitrogen and oxygen atoms in total. The molecule has 142 valence electrons. The van der Waals surface area contributed by atoms with Gasteiger partial charge in [-0.15, -0.1) is 0 Å². The number of nitrogens with zero attached hydrogens (tertiary/aromatic N) is 1. The minimum absolute atomic E-state index is 0.0356. The molecular formula is C21H25N3O3. The highest BCUT2D eigenvalue weighted by atomic mass is 16.2. The number of amides is 4. The van der Waals surface area contributed by atoms with Gasteiger partial charge in [0, 0.05) is 11.6 Å². The van der Waals surface area contributed by atoms with Gasteiger partial charge in [0.25, 0.3) is 5.91 Å². The summed E-state index contributed by atoms with van der Waals surface area (Å²) in [6, 6.07) is 7.20. The maximum Gasteiger partial charge on any atom is 0.324 e. The van der Waals surface area contributed by atoms with Gasteiger partial charge in [0.1, 0.15) is 0 Å². The molecule has 0 unspecified atom stereocenters. The van der Waals surface area contributed by atoms with Gasteiger partial charge in [-0.3, -0.25) is 14.5 Å². The normalized spacial score (nSPS) is 34.1. The van der Waals surface area contributed by atoms with Crippen molar-refractivity contribution in [1.82, 2.24) is 15.5 Å². The monoisotopic (exact) mass is 367 g/mol. The Morgan fingerprint density at radius 1 is 1.07 bits per heavy atom. The van der Waals surface area contributed by atoms with Crippen LogP contribution in [-0.2, 0) is 11.3 Å². The van der Waals surface area contributed by atoms with Crippen molar-refractivity contribution in [3.05, 3.63) is 35.4 Å². The molecule has 27 heavy (non-hydrogen) atoms. The average molecular weight is 367 g/mol. The Morgan fingerprint density at radius 3 is 2.41 bits per heavy atom. The minimum atomic E-state index is -0.372. The first-order valence-corrected chi connectivity index (χ1v) is 10.0. The summed E-state index contributed by atoms with van der Waals surface area (Å²) in [7, 11) is 0. The molecule has 1 aromatic rings. The van der Waals surface area contributed by atoms with Crippen LogP contribution in [0.1, 0.15) is 48.0 Å². The molecule has 4 bridgehead atoms. The first-order valence-electron chi connectivity index (χ1n) is 10.0. The van der Waals surface area contributed by atoms with E-state index in [1.165, 1.54) is 37.0 Å². The van der Waals surface area contributed by atoms with E-state index in [2.05, 4.69) is 10.6 Å². The highest BCUT2D eigenvalue weighted by molar-refractivity contribution is 6.02. The second kappa shape index (κ2) is 6.36. The Kier molecular flexibility index (Phi) is 3.95. The summed E-state index contributed by atoms with van der Waals surface area (Å²) in [5.41, 5.74) is 1.39. The Morgan fingerprint density at radius 2 is 1.78 bits per heavy atom. The van der Waals surface area contributed by atoms with Gasteiger partial charge in [-0.2, -0.15) is 0 Å². The number of benzene rings is 1. The maximum absolute atomic E-state index is 12.9. The highest BCUT2D eigenvalue weighted by Crippen LogP contribution is 2.53. The van der Waals surface area contributed by atoms with Crippen LogP contribution >= 0.6 is 0 Å². The number of urea groups is 1. The summed E-state index contributed by atoms with van der Waals surface area (Å²) in [5, 5.41) is 5.84. The van der Waals surface area contributed by atoms with E-state index in [-0.39, 0.29) is 30.9 Å². The van der Waals surface area contributed by atoms with Crippen molar-refractivity contribution in [1.29, 1.82) is 0 Å². The van der Waals surface area contributed by atoms with Crippen molar-refractivity contribution < 1.29 is 14.4 Å². The van der Waals surface area contributed by atoms with E-state index in [1.54, 1.807) is 12.1 Å². The van der Waals surface area contributed by atoms with E-state index < -0.39 is 0 Å². The first-order chi connectivity index (χ1) is 13.1. The van der Waals surface area contributed by atoms with E-state index >= 15 is 0 Å². The second-order valence-corrected chi connectivity index (χ2v) is 8.77. The molecule has 0 atom stereocenters. The van der Waals surface area contributed by atoms with E-state index in [9.17, 15) is 14.4 Å². The Hall–Kier alpha value is -2.37. The lowest BCUT2D eigenvalue weighted by Crippen LogP contribution is -2.55. The Labute approximate surface area is 158 Å². The lowest BCUT2D eigenvalue weighted by molar-refractivity contribution is -0.125. The zero-order valence-corrected chi connectivity index (χ0v) is 15.3. The van der Waals surface area contributed by atoms with Gasteiger partial charge in [-0.25, -0.2) is 4.79 Å². The van der Waals surface area contributed by atoms with Crippen molar-refractivity contribution in [3.63, 3.8) is 0 Å². The lowest BCUT2D eigenvalue weighted by Gasteiger charge is -2.54. The van der Waals surface area contributed by atoms with E-state index in [1.807, 2.05) is 12.1 Å². The number of carbonyl (C=O) groups is 3. The zero-order chi connectivity index (χ0) is 18.5. The number of carbonyl (C=O) groups excluding carboxylic acids is 3. The number of hydrogen-bond acceptors (Lipinski definition) is 3. The summed E-state index contributed by atoms with van der Waals surface area (Å²) in [5.74, 6) is 2.77. The fraction of sp³-hybridized carbons (Fsp3) is 0.571. The third kappa shape index (κ3) is 3.01. The Bertz CT molecular complexity index is 762. The SMILES string of the molecule is O=C(NC1C2CC3CC(C2)CC1C3)c1cccc(CN2C(=O)CNC2=O)c1. The predicted molar refractivity (Wildman–Crippen MR) is 98.7 cm³/mol. The molecule has 2 N–H and O–H groups in total. The molecule has 4 amide bonds. The smallest absolute Gasteiger partial charge is 0.324 e. The Balaban J connectivity index is 1.28. The molecule has 4 aliphatic carbocycles. The molecule has 6 heteroatoms. The number of rotatable bonds is 4. The average Bonchev–Trinajstić information content (AvgIpc) is 2.96. The number of hydrogen-bond donors (Lipinski definition) is 2. The third-order valence-electron chi connectivity index (χ3n) is 6.99. The van der Waals surface area contributed by atoms with Gasteiger partial charge < -0.3 is 10.6 Å². The molecule has 0 aromatic heterocycles. The quantitative estimate of drug-likeness (QED) is 0.802. The van der Waals surface area contributed by atoms with Crippen molar-refractivity contribution >= 4 is 17.8 Å². The van der Waals surface area contributed by atoms with Crippen molar-refractivity contribution in [2.75, 3.05) is 6.54 Å². The van der Waals surface area contributed by atoms with Gasteiger partial charge in [-0.1, -0.05) is 12.1 Å². The summed E-state index contributed by atoms with van der Waals surface area (Å²) in [4.78, 5) is 37.6. The van der Waals surface area contributed by atoms with Crippen LogP contribution in [0.3, 0.4) is 0 Å².